The zero-order valence-electron chi connectivity index (χ0n) is 10.3. The van der Waals surface area contributed by atoms with Gasteiger partial charge >= 0.3 is 0 Å². The standard InChI is InChI=1S/C13H21NOS/c1-4-16-10-11(2)14-9-12-6-5-7-13(8-12)15-3/h5-8,11,14H,4,9-10H2,1-3H3. The lowest BCUT2D eigenvalue weighted by atomic mass is 10.2. The number of methoxy groups -OCH3 is 1. The molecule has 0 saturated heterocycles. The van der Waals surface area contributed by atoms with Crippen LogP contribution < -0.4 is 10.1 Å². The largest absolute Gasteiger partial charge is 0.497 e. The summed E-state index contributed by atoms with van der Waals surface area (Å²) in [5.41, 5.74) is 1.27. The van der Waals surface area contributed by atoms with Gasteiger partial charge in [-0.2, -0.15) is 11.8 Å². The highest BCUT2D eigenvalue weighted by molar-refractivity contribution is 7.99. The maximum absolute atomic E-state index is 5.19. The zero-order valence-corrected chi connectivity index (χ0v) is 11.1. The highest BCUT2D eigenvalue weighted by Gasteiger charge is 2.01. The average molecular weight is 239 g/mol. The van der Waals surface area contributed by atoms with E-state index in [9.17, 15) is 0 Å². The summed E-state index contributed by atoms with van der Waals surface area (Å²) in [6.07, 6.45) is 0. The van der Waals surface area contributed by atoms with E-state index in [0.29, 0.717) is 6.04 Å². The van der Waals surface area contributed by atoms with Crippen LogP contribution in [0, 0.1) is 0 Å². The highest BCUT2D eigenvalue weighted by atomic mass is 32.2. The van der Waals surface area contributed by atoms with E-state index in [0.717, 1.165) is 12.3 Å². The second kappa shape index (κ2) is 7.58. The Morgan fingerprint density at radius 2 is 2.25 bits per heavy atom. The summed E-state index contributed by atoms with van der Waals surface area (Å²) in [4.78, 5) is 0. The number of thioether (sulfide) groups is 1. The minimum absolute atomic E-state index is 0.552. The topological polar surface area (TPSA) is 21.3 Å². The van der Waals surface area contributed by atoms with Gasteiger partial charge in [0.2, 0.25) is 0 Å². The molecule has 0 aromatic heterocycles. The van der Waals surface area contributed by atoms with E-state index in [4.69, 9.17) is 4.74 Å². The van der Waals surface area contributed by atoms with Crippen LogP contribution in [0.4, 0.5) is 0 Å². The molecule has 0 aliphatic heterocycles. The Bertz CT molecular complexity index is 304. The van der Waals surface area contributed by atoms with Gasteiger partial charge < -0.3 is 10.1 Å². The summed E-state index contributed by atoms with van der Waals surface area (Å²) in [6.45, 7) is 5.32. The van der Waals surface area contributed by atoms with E-state index < -0.39 is 0 Å². The number of nitrogens with one attached hydrogen (secondary N) is 1. The van der Waals surface area contributed by atoms with Crippen LogP contribution in [0.3, 0.4) is 0 Å². The highest BCUT2D eigenvalue weighted by Crippen LogP contribution is 2.12. The van der Waals surface area contributed by atoms with E-state index in [-0.39, 0.29) is 0 Å². The van der Waals surface area contributed by atoms with Crippen LogP contribution in [0.15, 0.2) is 24.3 Å². The van der Waals surface area contributed by atoms with Crippen molar-refractivity contribution in [3.05, 3.63) is 29.8 Å². The first-order valence-electron chi connectivity index (χ1n) is 5.70. The molecule has 3 heteroatoms. The van der Waals surface area contributed by atoms with E-state index in [2.05, 4.69) is 31.3 Å². The Hall–Kier alpha value is -0.670. The fourth-order valence-electron chi connectivity index (χ4n) is 1.43. The third kappa shape index (κ3) is 4.90. The summed E-state index contributed by atoms with van der Waals surface area (Å²) in [5.74, 6) is 3.28. The van der Waals surface area contributed by atoms with Crippen molar-refractivity contribution in [1.29, 1.82) is 0 Å². The van der Waals surface area contributed by atoms with Crippen molar-refractivity contribution in [3.8, 4) is 5.75 Å². The molecule has 1 aromatic rings. The maximum Gasteiger partial charge on any atom is 0.119 e. The third-order valence-corrected chi connectivity index (χ3v) is 3.50. The molecule has 0 bridgehead atoms. The van der Waals surface area contributed by atoms with Crippen molar-refractivity contribution in [3.63, 3.8) is 0 Å². The first-order valence-corrected chi connectivity index (χ1v) is 6.85. The number of hydrogen-bond donors (Lipinski definition) is 1. The van der Waals surface area contributed by atoms with E-state index in [1.54, 1.807) is 7.11 Å². The molecule has 0 aliphatic rings. The molecule has 1 atom stereocenters. The van der Waals surface area contributed by atoms with Crippen LogP contribution in [0.2, 0.25) is 0 Å². The van der Waals surface area contributed by atoms with Gasteiger partial charge in [0, 0.05) is 18.3 Å². The number of rotatable bonds is 7. The quantitative estimate of drug-likeness (QED) is 0.790. The van der Waals surface area contributed by atoms with Gasteiger partial charge in [0.1, 0.15) is 5.75 Å². The normalized spacial score (nSPS) is 12.4. The van der Waals surface area contributed by atoms with E-state index >= 15 is 0 Å². The smallest absolute Gasteiger partial charge is 0.119 e. The molecule has 0 spiro atoms. The molecule has 0 saturated carbocycles. The van der Waals surface area contributed by atoms with Crippen molar-refractivity contribution < 1.29 is 4.74 Å². The number of hydrogen-bond acceptors (Lipinski definition) is 3. The molecule has 0 radical (unpaired) electrons. The molecular weight excluding hydrogens is 218 g/mol. The van der Waals surface area contributed by atoms with Crippen molar-refractivity contribution in [2.45, 2.75) is 26.4 Å². The predicted octanol–water partition coefficient (Wildman–Crippen LogP) is 2.93. The third-order valence-electron chi connectivity index (χ3n) is 2.36. The van der Waals surface area contributed by atoms with Crippen LogP contribution >= 0.6 is 11.8 Å². The Morgan fingerprint density at radius 3 is 2.94 bits per heavy atom. The van der Waals surface area contributed by atoms with Gasteiger partial charge in [0.05, 0.1) is 7.11 Å². The molecule has 1 aromatic carbocycles. The molecule has 0 aliphatic carbocycles. The van der Waals surface area contributed by atoms with Gasteiger partial charge in [-0.3, -0.25) is 0 Å². The van der Waals surface area contributed by atoms with Crippen LogP contribution in [0.1, 0.15) is 19.4 Å². The van der Waals surface area contributed by atoms with Crippen molar-refractivity contribution >= 4 is 11.8 Å². The predicted molar refractivity (Wildman–Crippen MR) is 72.3 cm³/mol. The minimum atomic E-state index is 0.552. The second-order valence-corrected chi connectivity index (χ2v) is 5.11. The molecule has 16 heavy (non-hydrogen) atoms. The lowest BCUT2D eigenvalue weighted by Crippen LogP contribution is -2.27. The molecule has 1 rings (SSSR count). The van der Waals surface area contributed by atoms with Gasteiger partial charge in [-0.1, -0.05) is 19.1 Å². The van der Waals surface area contributed by atoms with Gasteiger partial charge in [0.25, 0.3) is 0 Å². The van der Waals surface area contributed by atoms with Gasteiger partial charge in [-0.05, 0) is 30.4 Å². The Kier molecular flexibility index (Phi) is 6.34. The molecule has 1 unspecified atom stereocenters. The second-order valence-electron chi connectivity index (χ2n) is 3.79. The minimum Gasteiger partial charge on any atom is -0.497 e. The fourth-order valence-corrected chi connectivity index (χ4v) is 2.14. The molecule has 1 N–H and O–H groups in total. The molecule has 0 fully saturated rings. The summed E-state index contributed by atoms with van der Waals surface area (Å²) >= 11 is 1.97. The summed E-state index contributed by atoms with van der Waals surface area (Å²) in [7, 11) is 1.70. The number of ether oxygens (including phenoxy) is 1. The first-order chi connectivity index (χ1) is 7.76. The monoisotopic (exact) mass is 239 g/mol. The lowest BCUT2D eigenvalue weighted by Gasteiger charge is -2.13. The Morgan fingerprint density at radius 1 is 1.44 bits per heavy atom. The molecule has 0 amide bonds. The lowest BCUT2D eigenvalue weighted by molar-refractivity contribution is 0.414. The van der Waals surface area contributed by atoms with Crippen LogP contribution in [-0.2, 0) is 6.54 Å². The van der Waals surface area contributed by atoms with Crippen molar-refractivity contribution in [2.75, 3.05) is 18.6 Å². The fraction of sp³-hybridized carbons (Fsp3) is 0.538. The molecule has 90 valence electrons. The van der Waals surface area contributed by atoms with E-state index in [1.807, 2.05) is 23.9 Å². The van der Waals surface area contributed by atoms with Gasteiger partial charge in [-0.25, -0.2) is 0 Å². The molecule has 0 heterocycles. The van der Waals surface area contributed by atoms with Gasteiger partial charge in [0.15, 0.2) is 0 Å². The summed E-state index contributed by atoms with van der Waals surface area (Å²) in [5, 5.41) is 3.51. The first kappa shape index (κ1) is 13.4. The van der Waals surface area contributed by atoms with Crippen LogP contribution in [0.5, 0.6) is 5.75 Å². The van der Waals surface area contributed by atoms with Crippen molar-refractivity contribution in [2.24, 2.45) is 0 Å². The van der Waals surface area contributed by atoms with Crippen LogP contribution in [0.25, 0.3) is 0 Å². The van der Waals surface area contributed by atoms with Gasteiger partial charge in [-0.15, -0.1) is 0 Å². The zero-order chi connectivity index (χ0) is 11.8. The molecular formula is C13H21NOS. The van der Waals surface area contributed by atoms with Crippen molar-refractivity contribution in [1.82, 2.24) is 5.32 Å². The van der Waals surface area contributed by atoms with E-state index in [1.165, 1.54) is 17.1 Å². The Labute approximate surface area is 103 Å². The average Bonchev–Trinajstić information content (AvgIpc) is 2.34. The molecule has 2 nitrogen and oxygen atoms in total. The summed E-state index contributed by atoms with van der Waals surface area (Å²) in [6, 6.07) is 8.75. The summed E-state index contributed by atoms with van der Waals surface area (Å²) < 4.78 is 5.19. The maximum atomic E-state index is 5.19. The Balaban J connectivity index is 2.35. The SMILES string of the molecule is CCSCC(C)NCc1cccc(OC)c1. The van der Waals surface area contributed by atoms with Crippen LogP contribution in [-0.4, -0.2) is 24.7 Å². The number of benzene rings is 1.